The third-order valence-corrected chi connectivity index (χ3v) is 2.52. The largest absolute Gasteiger partial charge is 0.418 e. The number of alkyl halides is 3. The van der Waals surface area contributed by atoms with E-state index >= 15 is 0 Å². The minimum Gasteiger partial charge on any atom is -0.330 e. The highest BCUT2D eigenvalue weighted by molar-refractivity contribution is 5.90. The first kappa shape index (κ1) is 15.3. The molecule has 2 amide bonds. The third-order valence-electron chi connectivity index (χ3n) is 2.52. The van der Waals surface area contributed by atoms with Crippen molar-refractivity contribution >= 4 is 11.7 Å². The van der Waals surface area contributed by atoms with Crippen LogP contribution < -0.4 is 11.1 Å². The fourth-order valence-electron chi connectivity index (χ4n) is 1.48. The fraction of sp³-hybridized carbons (Fsp3) is 0.417. The zero-order valence-electron chi connectivity index (χ0n) is 10.5. The molecule has 7 heteroatoms. The molecule has 0 aliphatic carbocycles. The molecule has 0 unspecified atom stereocenters. The Balaban J connectivity index is 2.80. The second kappa shape index (κ2) is 6.42. The second-order valence-corrected chi connectivity index (χ2v) is 4.04. The molecule has 0 aliphatic rings. The van der Waals surface area contributed by atoms with Crippen LogP contribution in [0.15, 0.2) is 24.3 Å². The van der Waals surface area contributed by atoms with Crippen LogP contribution in [0.1, 0.15) is 12.0 Å². The highest BCUT2D eigenvalue weighted by Gasteiger charge is 2.33. The van der Waals surface area contributed by atoms with E-state index in [1.165, 1.54) is 30.1 Å². The van der Waals surface area contributed by atoms with Crippen LogP contribution in [0.3, 0.4) is 0 Å². The molecular weight excluding hydrogens is 259 g/mol. The molecule has 106 valence electrons. The first-order valence-electron chi connectivity index (χ1n) is 5.74. The van der Waals surface area contributed by atoms with Gasteiger partial charge in [0.25, 0.3) is 0 Å². The molecule has 0 atom stereocenters. The fourth-order valence-corrected chi connectivity index (χ4v) is 1.48. The van der Waals surface area contributed by atoms with Crippen LogP contribution in [0.5, 0.6) is 0 Å². The van der Waals surface area contributed by atoms with Crippen LogP contribution >= 0.6 is 0 Å². The lowest BCUT2D eigenvalue weighted by molar-refractivity contribution is -0.136. The molecule has 0 heterocycles. The SMILES string of the molecule is CN(CCCN)C(=O)Nc1ccccc1C(F)(F)F. The Hall–Kier alpha value is -1.76. The van der Waals surface area contributed by atoms with Gasteiger partial charge in [-0.05, 0) is 25.1 Å². The number of nitrogens with one attached hydrogen (secondary N) is 1. The van der Waals surface area contributed by atoms with Gasteiger partial charge >= 0.3 is 12.2 Å². The molecular formula is C12H16F3N3O. The molecule has 0 saturated heterocycles. The predicted octanol–water partition coefficient (Wildman–Crippen LogP) is 2.52. The molecule has 3 N–H and O–H groups in total. The van der Waals surface area contributed by atoms with Gasteiger partial charge in [0.2, 0.25) is 0 Å². The van der Waals surface area contributed by atoms with Crippen molar-refractivity contribution in [3.05, 3.63) is 29.8 Å². The summed E-state index contributed by atoms with van der Waals surface area (Å²) in [5.74, 6) is 0. The van der Waals surface area contributed by atoms with Crippen LogP contribution in [0.4, 0.5) is 23.7 Å². The van der Waals surface area contributed by atoms with E-state index in [2.05, 4.69) is 5.32 Å². The van der Waals surface area contributed by atoms with Crippen LogP contribution in [-0.4, -0.2) is 31.1 Å². The number of anilines is 1. The van der Waals surface area contributed by atoms with Crippen LogP contribution in [0.2, 0.25) is 0 Å². The molecule has 4 nitrogen and oxygen atoms in total. The Bertz CT molecular complexity index is 434. The molecule has 0 bridgehead atoms. The Kier molecular flexibility index (Phi) is 5.17. The maximum atomic E-state index is 12.7. The first-order valence-corrected chi connectivity index (χ1v) is 5.74. The third kappa shape index (κ3) is 4.44. The zero-order chi connectivity index (χ0) is 14.5. The van der Waals surface area contributed by atoms with Crippen LogP contribution in [-0.2, 0) is 6.18 Å². The summed E-state index contributed by atoms with van der Waals surface area (Å²) in [4.78, 5) is 13.0. The molecule has 0 fully saturated rings. The lowest BCUT2D eigenvalue weighted by Crippen LogP contribution is -2.33. The number of carbonyl (C=O) groups is 1. The second-order valence-electron chi connectivity index (χ2n) is 4.04. The molecule has 1 rings (SSSR count). The maximum Gasteiger partial charge on any atom is 0.418 e. The Labute approximate surface area is 109 Å². The number of benzene rings is 1. The van der Waals surface area contributed by atoms with Crippen molar-refractivity contribution in [2.24, 2.45) is 5.73 Å². The summed E-state index contributed by atoms with van der Waals surface area (Å²) in [6, 6.07) is 4.26. The molecule has 0 aromatic heterocycles. The van der Waals surface area contributed by atoms with Gasteiger partial charge in [-0.2, -0.15) is 13.2 Å². The molecule has 19 heavy (non-hydrogen) atoms. The Morgan fingerprint density at radius 2 is 2.00 bits per heavy atom. The Morgan fingerprint density at radius 1 is 1.37 bits per heavy atom. The average molecular weight is 275 g/mol. The van der Waals surface area contributed by atoms with Crippen molar-refractivity contribution < 1.29 is 18.0 Å². The van der Waals surface area contributed by atoms with Crippen molar-refractivity contribution in [2.75, 3.05) is 25.5 Å². The molecule has 0 saturated carbocycles. The van der Waals surface area contributed by atoms with E-state index in [4.69, 9.17) is 5.73 Å². The van der Waals surface area contributed by atoms with Crippen molar-refractivity contribution in [1.29, 1.82) is 0 Å². The van der Waals surface area contributed by atoms with E-state index in [9.17, 15) is 18.0 Å². The van der Waals surface area contributed by atoms with Gasteiger partial charge in [-0.1, -0.05) is 12.1 Å². The quantitative estimate of drug-likeness (QED) is 0.887. The van der Waals surface area contributed by atoms with Crippen molar-refractivity contribution in [2.45, 2.75) is 12.6 Å². The summed E-state index contributed by atoms with van der Waals surface area (Å²) in [7, 11) is 1.50. The number of nitrogens with two attached hydrogens (primary N) is 1. The molecule has 1 aromatic rings. The summed E-state index contributed by atoms with van der Waals surface area (Å²) in [6.45, 7) is 0.799. The van der Waals surface area contributed by atoms with E-state index in [0.717, 1.165) is 6.07 Å². The number of urea groups is 1. The number of hydrogen-bond donors (Lipinski definition) is 2. The normalized spacial score (nSPS) is 11.2. The van der Waals surface area contributed by atoms with Gasteiger partial charge in [-0.3, -0.25) is 0 Å². The number of rotatable bonds is 4. The lowest BCUT2D eigenvalue weighted by atomic mass is 10.1. The van der Waals surface area contributed by atoms with E-state index in [1.807, 2.05) is 0 Å². The summed E-state index contributed by atoms with van der Waals surface area (Å²) >= 11 is 0. The average Bonchev–Trinajstić information content (AvgIpc) is 2.35. The van der Waals surface area contributed by atoms with Crippen molar-refractivity contribution in [3.8, 4) is 0 Å². The number of halogens is 3. The van der Waals surface area contributed by atoms with Crippen LogP contribution in [0, 0.1) is 0 Å². The van der Waals surface area contributed by atoms with Gasteiger partial charge in [0.15, 0.2) is 0 Å². The van der Waals surface area contributed by atoms with E-state index in [0.29, 0.717) is 19.5 Å². The number of nitrogens with zero attached hydrogens (tertiary/aromatic N) is 1. The zero-order valence-corrected chi connectivity index (χ0v) is 10.5. The highest BCUT2D eigenvalue weighted by Crippen LogP contribution is 2.34. The Morgan fingerprint density at radius 3 is 2.58 bits per heavy atom. The van der Waals surface area contributed by atoms with Gasteiger partial charge < -0.3 is 16.0 Å². The monoisotopic (exact) mass is 275 g/mol. The first-order chi connectivity index (χ1) is 8.86. The van der Waals surface area contributed by atoms with Crippen molar-refractivity contribution in [1.82, 2.24) is 4.90 Å². The number of hydrogen-bond acceptors (Lipinski definition) is 2. The van der Waals surface area contributed by atoms with E-state index in [-0.39, 0.29) is 5.69 Å². The molecule has 1 aromatic carbocycles. The van der Waals surface area contributed by atoms with E-state index < -0.39 is 17.8 Å². The highest BCUT2D eigenvalue weighted by atomic mass is 19.4. The minimum atomic E-state index is -4.50. The van der Waals surface area contributed by atoms with Crippen LogP contribution in [0.25, 0.3) is 0 Å². The topological polar surface area (TPSA) is 58.4 Å². The number of carbonyl (C=O) groups excluding carboxylic acids is 1. The van der Waals surface area contributed by atoms with Gasteiger partial charge in [-0.25, -0.2) is 4.79 Å². The summed E-state index contributed by atoms with van der Waals surface area (Å²) in [6.07, 6.45) is -3.91. The summed E-state index contributed by atoms with van der Waals surface area (Å²) < 4.78 is 38.2. The van der Waals surface area contributed by atoms with Crippen molar-refractivity contribution in [3.63, 3.8) is 0 Å². The van der Waals surface area contributed by atoms with Gasteiger partial charge in [0.05, 0.1) is 11.3 Å². The smallest absolute Gasteiger partial charge is 0.330 e. The lowest BCUT2D eigenvalue weighted by Gasteiger charge is -2.19. The number of para-hydroxylation sites is 1. The van der Waals surface area contributed by atoms with Gasteiger partial charge in [-0.15, -0.1) is 0 Å². The van der Waals surface area contributed by atoms with Gasteiger partial charge in [0, 0.05) is 13.6 Å². The van der Waals surface area contributed by atoms with Gasteiger partial charge in [0.1, 0.15) is 0 Å². The predicted molar refractivity (Wildman–Crippen MR) is 66.8 cm³/mol. The number of amides is 2. The molecule has 0 radical (unpaired) electrons. The summed E-state index contributed by atoms with van der Waals surface area (Å²) in [5.41, 5.74) is 4.19. The molecule has 0 spiro atoms. The maximum absolute atomic E-state index is 12.7. The standard InChI is InChI=1S/C12H16F3N3O/c1-18(8-4-7-16)11(19)17-10-6-3-2-5-9(10)12(13,14)15/h2-3,5-6H,4,7-8,16H2,1H3,(H,17,19). The summed E-state index contributed by atoms with van der Waals surface area (Å²) in [5, 5.41) is 2.25. The molecule has 0 aliphatic heterocycles. The van der Waals surface area contributed by atoms with E-state index in [1.54, 1.807) is 0 Å². The minimum absolute atomic E-state index is 0.250.